The van der Waals surface area contributed by atoms with Crippen LogP contribution in [0.5, 0.6) is 0 Å². The van der Waals surface area contributed by atoms with E-state index in [1.54, 1.807) is 0 Å². The maximum absolute atomic E-state index is 13.1. The molecule has 140 valence electrons. The van der Waals surface area contributed by atoms with Gasteiger partial charge in [0.05, 0.1) is 16.8 Å². The summed E-state index contributed by atoms with van der Waals surface area (Å²) in [4.78, 5) is 22.1. The summed E-state index contributed by atoms with van der Waals surface area (Å²) in [5, 5.41) is 1.05. The number of rotatable bonds is 4. The number of pyridine rings is 1. The Labute approximate surface area is 157 Å². The molecule has 1 amide bonds. The fourth-order valence-electron chi connectivity index (χ4n) is 3.72. The van der Waals surface area contributed by atoms with E-state index >= 15 is 0 Å². The van der Waals surface area contributed by atoms with Gasteiger partial charge in [0, 0.05) is 31.1 Å². The van der Waals surface area contributed by atoms with Crippen molar-refractivity contribution < 1.29 is 4.79 Å². The molecular formula is C22H31N3O. The molecule has 0 unspecified atom stereocenters. The van der Waals surface area contributed by atoms with E-state index in [1.807, 2.05) is 24.0 Å². The Kier molecular flexibility index (Phi) is 5.61. The second kappa shape index (κ2) is 7.75. The predicted molar refractivity (Wildman–Crippen MR) is 108 cm³/mol. The topological polar surface area (TPSA) is 36.4 Å². The van der Waals surface area contributed by atoms with Crippen LogP contribution in [-0.4, -0.2) is 53.4 Å². The molecule has 1 fully saturated rings. The lowest BCUT2D eigenvalue weighted by Gasteiger charge is -2.35. The molecule has 3 rings (SSSR count). The van der Waals surface area contributed by atoms with Gasteiger partial charge in [-0.1, -0.05) is 11.6 Å². The zero-order valence-corrected chi connectivity index (χ0v) is 16.7. The van der Waals surface area contributed by atoms with Gasteiger partial charge in [-0.15, -0.1) is 0 Å². The highest BCUT2D eigenvalue weighted by Gasteiger charge is 2.26. The van der Waals surface area contributed by atoms with Crippen molar-refractivity contribution in [2.75, 3.05) is 26.7 Å². The number of piperidine rings is 1. The minimum absolute atomic E-state index is 0.133. The van der Waals surface area contributed by atoms with Crippen molar-refractivity contribution in [1.29, 1.82) is 0 Å². The van der Waals surface area contributed by atoms with Gasteiger partial charge in [0.25, 0.3) is 5.91 Å². The van der Waals surface area contributed by atoms with Gasteiger partial charge in [-0.2, -0.15) is 0 Å². The molecule has 26 heavy (non-hydrogen) atoms. The fraction of sp³-hybridized carbons (Fsp3) is 0.545. The Morgan fingerprint density at radius 2 is 1.92 bits per heavy atom. The van der Waals surface area contributed by atoms with Gasteiger partial charge in [0.2, 0.25) is 0 Å². The summed E-state index contributed by atoms with van der Waals surface area (Å²) in [7, 11) is 2.19. The molecule has 1 aromatic heterocycles. The van der Waals surface area contributed by atoms with Gasteiger partial charge in [0.15, 0.2) is 0 Å². The predicted octanol–water partition coefficient (Wildman–Crippen LogP) is 4.04. The van der Waals surface area contributed by atoms with E-state index in [0.29, 0.717) is 12.0 Å². The number of hydrogen-bond donors (Lipinski definition) is 0. The van der Waals surface area contributed by atoms with Crippen LogP contribution in [0.1, 0.15) is 48.3 Å². The molecule has 2 heterocycles. The Bertz CT molecular complexity index is 791. The van der Waals surface area contributed by atoms with Gasteiger partial charge in [0.1, 0.15) is 0 Å². The summed E-state index contributed by atoms with van der Waals surface area (Å²) in [6, 6.07) is 8.79. The van der Waals surface area contributed by atoms with Crippen molar-refractivity contribution in [3.63, 3.8) is 0 Å². The standard InChI is InChI=1S/C22H31N3O/c1-15(2)24(5)14-18-8-10-25(11-9-18)22(26)20-13-19-12-16(3)6-7-21(19)23-17(20)4/h6-7,12-13,15,18H,8-11,14H2,1-5H3. The minimum Gasteiger partial charge on any atom is -0.339 e. The smallest absolute Gasteiger partial charge is 0.255 e. The van der Waals surface area contributed by atoms with Crippen LogP contribution in [0.2, 0.25) is 0 Å². The van der Waals surface area contributed by atoms with Gasteiger partial charge >= 0.3 is 0 Å². The molecule has 2 aromatic rings. The molecule has 1 aliphatic heterocycles. The number of carbonyl (C=O) groups is 1. The lowest BCUT2D eigenvalue weighted by molar-refractivity contribution is 0.0665. The Balaban J connectivity index is 1.70. The molecule has 0 aliphatic carbocycles. The maximum atomic E-state index is 13.1. The van der Waals surface area contributed by atoms with Crippen LogP contribution < -0.4 is 0 Å². The quantitative estimate of drug-likeness (QED) is 0.832. The van der Waals surface area contributed by atoms with Gasteiger partial charge in [-0.3, -0.25) is 9.78 Å². The minimum atomic E-state index is 0.133. The zero-order valence-electron chi connectivity index (χ0n) is 16.7. The average Bonchev–Trinajstić information content (AvgIpc) is 2.61. The molecule has 0 N–H and O–H groups in total. The number of hydrogen-bond acceptors (Lipinski definition) is 3. The molecule has 4 nitrogen and oxygen atoms in total. The van der Waals surface area contributed by atoms with E-state index in [2.05, 4.69) is 49.8 Å². The van der Waals surface area contributed by atoms with Crippen LogP contribution in [0.3, 0.4) is 0 Å². The Morgan fingerprint density at radius 1 is 1.23 bits per heavy atom. The van der Waals surface area contributed by atoms with Crippen LogP contribution in [-0.2, 0) is 0 Å². The van der Waals surface area contributed by atoms with Crippen LogP contribution in [0.4, 0.5) is 0 Å². The summed E-state index contributed by atoms with van der Waals surface area (Å²) in [6.45, 7) is 11.3. The van der Waals surface area contributed by atoms with E-state index in [9.17, 15) is 4.79 Å². The van der Waals surface area contributed by atoms with E-state index in [1.165, 1.54) is 5.56 Å². The van der Waals surface area contributed by atoms with E-state index in [-0.39, 0.29) is 5.91 Å². The first-order valence-corrected chi connectivity index (χ1v) is 9.72. The number of nitrogens with zero attached hydrogens (tertiary/aromatic N) is 3. The first kappa shape index (κ1) is 18.8. The van der Waals surface area contributed by atoms with Gasteiger partial charge in [-0.25, -0.2) is 0 Å². The van der Waals surface area contributed by atoms with Crippen molar-refractivity contribution >= 4 is 16.8 Å². The number of amides is 1. The van der Waals surface area contributed by atoms with Crippen LogP contribution >= 0.6 is 0 Å². The highest BCUT2D eigenvalue weighted by molar-refractivity contribution is 5.98. The summed E-state index contributed by atoms with van der Waals surface area (Å²) in [6.07, 6.45) is 2.17. The summed E-state index contributed by atoms with van der Waals surface area (Å²) in [5.41, 5.74) is 3.73. The number of aromatic nitrogens is 1. The molecule has 0 radical (unpaired) electrons. The third-order valence-corrected chi connectivity index (χ3v) is 5.72. The molecule has 4 heteroatoms. The molecule has 0 atom stereocenters. The fourth-order valence-corrected chi connectivity index (χ4v) is 3.72. The summed E-state index contributed by atoms with van der Waals surface area (Å²) < 4.78 is 0. The SMILES string of the molecule is Cc1ccc2nc(C)c(C(=O)N3CCC(CN(C)C(C)C)CC3)cc2c1. The third-order valence-electron chi connectivity index (χ3n) is 5.72. The number of likely N-dealkylation sites (tertiary alicyclic amines) is 1. The molecular weight excluding hydrogens is 322 g/mol. The molecule has 1 saturated heterocycles. The molecule has 0 spiro atoms. The lowest BCUT2D eigenvalue weighted by atomic mass is 9.95. The first-order valence-electron chi connectivity index (χ1n) is 9.72. The second-order valence-electron chi connectivity index (χ2n) is 8.09. The summed E-state index contributed by atoms with van der Waals surface area (Å²) >= 11 is 0. The normalized spacial score (nSPS) is 16.0. The van der Waals surface area contributed by atoms with Crippen molar-refractivity contribution in [3.05, 3.63) is 41.1 Å². The molecule has 0 bridgehead atoms. The second-order valence-corrected chi connectivity index (χ2v) is 8.09. The number of aryl methyl sites for hydroxylation is 2. The van der Waals surface area contributed by atoms with E-state index < -0.39 is 0 Å². The number of benzene rings is 1. The Morgan fingerprint density at radius 3 is 2.58 bits per heavy atom. The first-order chi connectivity index (χ1) is 12.3. The van der Waals surface area contributed by atoms with E-state index in [0.717, 1.165) is 54.6 Å². The van der Waals surface area contributed by atoms with Gasteiger partial charge in [-0.05, 0) is 71.7 Å². The van der Waals surface area contributed by atoms with Gasteiger partial charge < -0.3 is 9.80 Å². The third kappa shape index (κ3) is 4.07. The largest absolute Gasteiger partial charge is 0.339 e. The summed E-state index contributed by atoms with van der Waals surface area (Å²) in [5.74, 6) is 0.819. The maximum Gasteiger partial charge on any atom is 0.255 e. The average molecular weight is 354 g/mol. The van der Waals surface area contributed by atoms with Crippen LogP contribution in [0.15, 0.2) is 24.3 Å². The highest BCUT2D eigenvalue weighted by atomic mass is 16.2. The number of fused-ring (bicyclic) bond motifs is 1. The van der Waals surface area contributed by atoms with E-state index in [4.69, 9.17) is 0 Å². The molecule has 0 saturated carbocycles. The van der Waals surface area contributed by atoms with Crippen molar-refractivity contribution in [3.8, 4) is 0 Å². The lowest BCUT2D eigenvalue weighted by Crippen LogP contribution is -2.42. The zero-order chi connectivity index (χ0) is 18.8. The van der Waals surface area contributed by atoms with Crippen LogP contribution in [0.25, 0.3) is 10.9 Å². The highest BCUT2D eigenvalue weighted by Crippen LogP contribution is 2.23. The number of carbonyl (C=O) groups excluding carboxylic acids is 1. The molecule has 1 aliphatic rings. The Hall–Kier alpha value is -1.94. The van der Waals surface area contributed by atoms with Crippen molar-refractivity contribution in [2.24, 2.45) is 5.92 Å². The molecule has 1 aromatic carbocycles. The van der Waals surface area contributed by atoms with Crippen molar-refractivity contribution in [1.82, 2.24) is 14.8 Å². The monoisotopic (exact) mass is 353 g/mol. The van der Waals surface area contributed by atoms with Crippen molar-refractivity contribution in [2.45, 2.75) is 46.6 Å². The van der Waals surface area contributed by atoms with Crippen LogP contribution in [0, 0.1) is 19.8 Å².